The maximum atomic E-state index is 11.0. The van der Waals surface area contributed by atoms with E-state index in [1.807, 2.05) is 36.6 Å². The molecule has 3 aromatic rings. The van der Waals surface area contributed by atoms with E-state index in [4.69, 9.17) is 14.5 Å². The Morgan fingerprint density at radius 1 is 1.13 bits per heavy atom. The lowest BCUT2D eigenvalue weighted by molar-refractivity contribution is -0.384. The zero-order chi connectivity index (χ0) is 20.9. The van der Waals surface area contributed by atoms with Crippen LogP contribution in [0.5, 0.6) is 5.75 Å². The number of nitrogens with zero attached hydrogens (tertiary/aromatic N) is 4. The van der Waals surface area contributed by atoms with Crippen LogP contribution >= 0.6 is 11.3 Å². The van der Waals surface area contributed by atoms with Crippen LogP contribution in [0.4, 0.5) is 11.4 Å². The molecule has 0 atom stereocenters. The number of morpholine rings is 1. The molecule has 1 aromatic heterocycles. The number of rotatable bonds is 6. The lowest BCUT2D eigenvalue weighted by Gasteiger charge is -2.31. The molecule has 0 radical (unpaired) electrons. The molecule has 9 heteroatoms. The Bertz CT molecular complexity index is 1070. The van der Waals surface area contributed by atoms with Crippen LogP contribution in [-0.2, 0) is 4.74 Å². The molecule has 0 N–H and O–H groups in total. The van der Waals surface area contributed by atoms with Crippen LogP contribution in [-0.4, -0.2) is 42.5 Å². The zero-order valence-electron chi connectivity index (χ0n) is 16.6. The standard InChI is InChI=1S/C21H22N4O4S/c1-2-29-19-9-5-17(6-10-19)22-21-24(23-11-13-28-14-12-23)20(15-30-21)16-3-7-18(8-4-16)25(26)27/h3-10,15H,2,11-14H2,1H3. The molecule has 8 nitrogen and oxygen atoms in total. The third kappa shape index (κ3) is 4.37. The van der Waals surface area contributed by atoms with Crippen LogP contribution in [0.1, 0.15) is 6.92 Å². The first-order valence-corrected chi connectivity index (χ1v) is 10.6. The lowest BCUT2D eigenvalue weighted by atomic mass is 10.1. The Balaban J connectivity index is 1.76. The van der Waals surface area contributed by atoms with Gasteiger partial charge in [-0.25, -0.2) is 9.67 Å². The Hall–Kier alpha value is -3.17. The number of hydrogen-bond donors (Lipinski definition) is 0. The van der Waals surface area contributed by atoms with Gasteiger partial charge in [0, 0.05) is 23.1 Å². The van der Waals surface area contributed by atoms with Crippen LogP contribution in [0.2, 0.25) is 0 Å². The zero-order valence-corrected chi connectivity index (χ0v) is 17.4. The summed E-state index contributed by atoms with van der Waals surface area (Å²) in [5.74, 6) is 0.815. The molecule has 2 aromatic carbocycles. The van der Waals surface area contributed by atoms with Gasteiger partial charge in [-0.15, -0.1) is 11.3 Å². The first-order valence-electron chi connectivity index (χ1n) is 9.71. The van der Waals surface area contributed by atoms with Crippen molar-refractivity contribution in [2.45, 2.75) is 6.92 Å². The van der Waals surface area contributed by atoms with Crippen LogP contribution < -0.4 is 14.5 Å². The summed E-state index contributed by atoms with van der Waals surface area (Å²) >= 11 is 1.53. The Morgan fingerprint density at radius 2 is 1.83 bits per heavy atom. The highest BCUT2D eigenvalue weighted by Crippen LogP contribution is 2.24. The van der Waals surface area contributed by atoms with Crippen molar-refractivity contribution >= 4 is 22.7 Å². The number of aromatic nitrogens is 1. The highest BCUT2D eigenvalue weighted by Gasteiger charge is 2.18. The van der Waals surface area contributed by atoms with Crippen molar-refractivity contribution in [2.24, 2.45) is 4.99 Å². The molecule has 0 bridgehead atoms. The molecule has 2 heterocycles. The SMILES string of the molecule is CCOc1ccc(N=c2scc(-c3ccc([N+](=O)[O-])cc3)n2N2CCOCC2)cc1. The summed E-state index contributed by atoms with van der Waals surface area (Å²) < 4.78 is 13.1. The minimum Gasteiger partial charge on any atom is -0.494 e. The topological polar surface area (TPSA) is 82.1 Å². The summed E-state index contributed by atoms with van der Waals surface area (Å²) in [4.78, 5) is 16.3. The molecule has 0 amide bonds. The fourth-order valence-corrected chi connectivity index (χ4v) is 4.18. The van der Waals surface area contributed by atoms with E-state index >= 15 is 0 Å². The average molecular weight is 426 g/mol. The summed E-state index contributed by atoms with van der Waals surface area (Å²) in [5.41, 5.74) is 2.75. The van der Waals surface area contributed by atoms with Crippen LogP contribution in [0.3, 0.4) is 0 Å². The van der Waals surface area contributed by atoms with Crippen molar-refractivity contribution in [3.63, 3.8) is 0 Å². The molecule has 30 heavy (non-hydrogen) atoms. The van der Waals surface area contributed by atoms with E-state index in [1.54, 1.807) is 12.1 Å². The molecule has 0 spiro atoms. The highest BCUT2D eigenvalue weighted by molar-refractivity contribution is 7.07. The van der Waals surface area contributed by atoms with Crippen molar-refractivity contribution in [3.8, 4) is 17.0 Å². The third-order valence-electron chi connectivity index (χ3n) is 4.70. The van der Waals surface area contributed by atoms with Crippen molar-refractivity contribution in [1.82, 2.24) is 4.68 Å². The number of nitro groups is 1. The fraction of sp³-hybridized carbons (Fsp3) is 0.286. The first kappa shape index (κ1) is 20.1. The number of benzene rings is 2. The van der Waals surface area contributed by atoms with Gasteiger partial charge in [-0.3, -0.25) is 10.1 Å². The number of hydrogen-bond acceptors (Lipinski definition) is 7. The summed E-state index contributed by atoms with van der Waals surface area (Å²) in [6.45, 7) is 5.35. The highest BCUT2D eigenvalue weighted by atomic mass is 32.1. The molecule has 1 aliphatic rings. The van der Waals surface area contributed by atoms with Crippen molar-refractivity contribution < 1.29 is 14.4 Å². The molecule has 1 aliphatic heterocycles. The second-order valence-corrected chi connectivity index (χ2v) is 7.46. The second kappa shape index (κ2) is 9.10. The number of ether oxygens (including phenoxy) is 2. The Morgan fingerprint density at radius 3 is 2.47 bits per heavy atom. The summed E-state index contributed by atoms with van der Waals surface area (Å²) in [6, 6.07) is 14.3. The van der Waals surface area contributed by atoms with Gasteiger partial charge in [0.05, 0.1) is 49.2 Å². The Labute approximate surface area is 177 Å². The minimum atomic E-state index is -0.389. The first-order chi connectivity index (χ1) is 14.7. The van der Waals surface area contributed by atoms with Crippen molar-refractivity contribution in [1.29, 1.82) is 0 Å². The predicted octanol–water partition coefficient (Wildman–Crippen LogP) is 3.72. The van der Waals surface area contributed by atoms with E-state index < -0.39 is 0 Å². The summed E-state index contributed by atoms with van der Waals surface area (Å²) in [6.07, 6.45) is 0. The van der Waals surface area contributed by atoms with Gasteiger partial charge in [0.15, 0.2) is 0 Å². The Kier molecular flexibility index (Phi) is 6.10. The van der Waals surface area contributed by atoms with Gasteiger partial charge in [0.25, 0.3) is 5.69 Å². The quantitative estimate of drug-likeness (QED) is 0.443. The second-order valence-electron chi connectivity index (χ2n) is 6.62. The molecule has 0 aliphatic carbocycles. The predicted molar refractivity (Wildman–Crippen MR) is 116 cm³/mol. The summed E-state index contributed by atoms with van der Waals surface area (Å²) in [5, 5.41) is 15.2. The molecule has 0 saturated carbocycles. The number of non-ortho nitro benzene ring substituents is 1. The fourth-order valence-electron chi connectivity index (χ4n) is 3.25. The van der Waals surface area contributed by atoms with Crippen molar-refractivity contribution in [2.75, 3.05) is 37.9 Å². The van der Waals surface area contributed by atoms with Gasteiger partial charge in [0.1, 0.15) is 5.75 Å². The molecule has 1 saturated heterocycles. The third-order valence-corrected chi connectivity index (χ3v) is 5.52. The molecule has 156 valence electrons. The van der Waals surface area contributed by atoms with Gasteiger partial charge in [-0.05, 0) is 43.3 Å². The lowest BCUT2D eigenvalue weighted by Crippen LogP contribution is -2.48. The van der Waals surface area contributed by atoms with Gasteiger partial charge in [-0.2, -0.15) is 0 Å². The number of thiazole rings is 1. The van der Waals surface area contributed by atoms with Gasteiger partial charge >= 0.3 is 0 Å². The average Bonchev–Trinajstić information content (AvgIpc) is 3.19. The maximum absolute atomic E-state index is 11.0. The molecule has 1 fully saturated rings. The maximum Gasteiger partial charge on any atom is 0.269 e. The van der Waals surface area contributed by atoms with Gasteiger partial charge < -0.3 is 14.5 Å². The molecular weight excluding hydrogens is 404 g/mol. The molecule has 0 unspecified atom stereocenters. The normalized spacial score (nSPS) is 14.7. The monoisotopic (exact) mass is 426 g/mol. The van der Waals surface area contributed by atoms with E-state index in [0.29, 0.717) is 19.8 Å². The minimum absolute atomic E-state index is 0.0752. The van der Waals surface area contributed by atoms with E-state index in [2.05, 4.69) is 9.69 Å². The van der Waals surface area contributed by atoms with Gasteiger partial charge in [0.2, 0.25) is 4.80 Å². The van der Waals surface area contributed by atoms with Gasteiger partial charge in [-0.1, -0.05) is 0 Å². The van der Waals surface area contributed by atoms with Crippen LogP contribution in [0.25, 0.3) is 11.3 Å². The van der Waals surface area contributed by atoms with Crippen LogP contribution in [0.15, 0.2) is 58.9 Å². The van der Waals surface area contributed by atoms with Crippen LogP contribution in [0, 0.1) is 10.1 Å². The van der Waals surface area contributed by atoms with Crippen molar-refractivity contribution in [3.05, 3.63) is 68.8 Å². The molecule has 4 rings (SSSR count). The van der Waals surface area contributed by atoms with E-state index in [1.165, 1.54) is 23.5 Å². The van der Waals surface area contributed by atoms with E-state index in [9.17, 15) is 10.1 Å². The molecular formula is C21H22N4O4S. The smallest absolute Gasteiger partial charge is 0.269 e. The van der Waals surface area contributed by atoms with E-state index in [0.717, 1.165) is 40.6 Å². The number of nitro benzene ring substituents is 1. The summed E-state index contributed by atoms with van der Waals surface area (Å²) in [7, 11) is 0. The van der Waals surface area contributed by atoms with E-state index in [-0.39, 0.29) is 10.6 Å². The largest absolute Gasteiger partial charge is 0.494 e.